The van der Waals surface area contributed by atoms with E-state index < -0.39 is 11.4 Å². The van der Waals surface area contributed by atoms with Crippen molar-refractivity contribution in [3.8, 4) is 0 Å². The number of nitrogens with zero attached hydrogens (tertiary/aromatic N) is 1. The summed E-state index contributed by atoms with van der Waals surface area (Å²) in [6.45, 7) is 5.56. The summed E-state index contributed by atoms with van der Waals surface area (Å²) in [6, 6.07) is 0.000972. The van der Waals surface area contributed by atoms with Crippen LogP contribution in [0.4, 0.5) is 0 Å². The highest BCUT2D eigenvalue weighted by atomic mass is 16.4. The van der Waals surface area contributed by atoms with E-state index in [9.17, 15) is 4.79 Å². The molecule has 2 atom stereocenters. The van der Waals surface area contributed by atoms with Crippen LogP contribution in [-0.2, 0) is 4.79 Å². The van der Waals surface area contributed by atoms with Crippen LogP contribution >= 0.6 is 0 Å². The first-order valence-electron chi connectivity index (χ1n) is 5.50. The highest BCUT2D eigenvalue weighted by Crippen LogP contribution is 2.28. The minimum atomic E-state index is -0.760. The number of hydrogen-bond acceptors (Lipinski definition) is 3. The van der Waals surface area contributed by atoms with Crippen LogP contribution in [0.2, 0.25) is 0 Å². The summed E-state index contributed by atoms with van der Waals surface area (Å²) in [6.07, 6.45) is 1.65. The van der Waals surface area contributed by atoms with Gasteiger partial charge in [0.1, 0.15) is 0 Å². The van der Waals surface area contributed by atoms with Gasteiger partial charge >= 0.3 is 5.97 Å². The van der Waals surface area contributed by atoms with Crippen molar-refractivity contribution in [1.82, 2.24) is 4.90 Å². The number of likely N-dealkylation sites (tertiary alicyclic amines) is 1. The van der Waals surface area contributed by atoms with Crippen molar-refractivity contribution < 1.29 is 9.90 Å². The van der Waals surface area contributed by atoms with Crippen LogP contribution < -0.4 is 5.73 Å². The van der Waals surface area contributed by atoms with Gasteiger partial charge in [0, 0.05) is 12.6 Å². The van der Waals surface area contributed by atoms with Crippen LogP contribution in [0.15, 0.2) is 0 Å². The SMILES string of the molecule is CN1CCC(C(N)CC(C)(C)C(=O)O)C1. The maximum absolute atomic E-state index is 11.0. The predicted molar refractivity (Wildman–Crippen MR) is 59.6 cm³/mol. The first kappa shape index (κ1) is 12.5. The average molecular weight is 214 g/mol. The molecule has 4 heteroatoms. The largest absolute Gasteiger partial charge is 0.481 e. The third kappa shape index (κ3) is 3.18. The van der Waals surface area contributed by atoms with Crippen LogP contribution in [0.25, 0.3) is 0 Å². The molecular weight excluding hydrogens is 192 g/mol. The summed E-state index contributed by atoms with van der Waals surface area (Å²) >= 11 is 0. The molecule has 0 aromatic heterocycles. The second-order valence-electron chi connectivity index (χ2n) is 5.37. The van der Waals surface area contributed by atoms with Gasteiger partial charge in [-0.1, -0.05) is 0 Å². The van der Waals surface area contributed by atoms with Crippen LogP contribution in [0, 0.1) is 11.3 Å². The van der Waals surface area contributed by atoms with Gasteiger partial charge in [0.2, 0.25) is 0 Å². The van der Waals surface area contributed by atoms with Crippen molar-refractivity contribution in [3.05, 3.63) is 0 Å². The number of hydrogen-bond donors (Lipinski definition) is 2. The maximum atomic E-state index is 11.0. The van der Waals surface area contributed by atoms with E-state index in [0.29, 0.717) is 12.3 Å². The van der Waals surface area contributed by atoms with Gasteiger partial charge in [-0.05, 0) is 46.2 Å². The summed E-state index contributed by atoms with van der Waals surface area (Å²) in [5, 5.41) is 9.02. The lowest BCUT2D eigenvalue weighted by Crippen LogP contribution is -2.39. The minimum absolute atomic E-state index is 0.000972. The third-order valence-corrected chi connectivity index (χ3v) is 3.36. The maximum Gasteiger partial charge on any atom is 0.309 e. The topological polar surface area (TPSA) is 66.6 Å². The van der Waals surface area contributed by atoms with Gasteiger partial charge in [0.25, 0.3) is 0 Å². The highest BCUT2D eigenvalue weighted by molar-refractivity contribution is 5.73. The quantitative estimate of drug-likeness (QED) is 0.725. The highest BCUT2D eigenvalue weighted by Gasteiger charge is 2.34. The van der Waals surface area contributed by atoms with E-state index in [0.717, 1.165) is 19.5 Å². The number of nitrogens with two attached hydrogens (primary N) is 1. The Morgan fingerprint density at radius 1 is 1.67 bits per heavy atom. The van der Waals surface area contributed by atoms with Crippen molar-refractivity contribution >= 4 is 5.97 Å². The Balaban J connectivity index is 2.48. The second kappa shape index (κ2) is 4.49. The molecule has 0 aromatic rings. The summed E-state index contributed by atoms with van der Waals surface area (Å²) in [7, 11) is 2.08. The molecule has 1 fully saturated rings. The summed E-state index contributed by atoms with van der Waals surface area (Å²) in [4.78, 5) is 13.2. The molecule has 4 nitrogen and oxygen atoms in total. The molecule has 3 N–H and O–H groups in total. The zero-order chi connectivity index (χ0) is 11.6. The van der Waals surface area contributed by atoms with Crippen molar-refractivity contribution in [1.29, 1.82) is 0 Å². The molecule has 1 saturated heterocycles. The van der Waals surface area contributed by atoms with Crippen LogP contribution in [0.3, 0.4) is 0 Å². The number of carboxylic acids is 1. The zero-order valence-corrected chi connectivity index (χ0v) is 9.86. The van der Waals surface area contributed by atoms with Gasteiger partial charge in [-0.25, -0.2) is 0 Å². The Morgan fingerprint density at radius 2 is 2.27 bits per heavy atom. The Kier molecular flexibility index (Phi) is 3.73. The smallest absolute Gasteiger partial charge is 0.309 e. The normalized spacial score (nSPS) is 25.5. The van der Waals surface area contributed by atoms with Crippen molar-refractivity contribution in [3.63, 3.8) is 0 Å². The van der Waals surface area contributed by atoms with Gasteiger partial charge in [-0.15, -0.1) is 0 Å². The van der Waals surface area contributed by atoms with Crippen LogP contribution in [0.1, 0.15) is 26.7 Å². The molecule has 0 amide bonds. The average Bonchev–Trinajstić information content (AvgIpc) is 2.50. The Morgan fingerprint density at radius 3 is 2.67 bits per heavy atom. The molecule has 0 radical (unpaired) electrons. The Labute approximate surface area is 91.4 Å². The second-order valence-corrected chi connectivity index (χ2v) is 5.37. The molecule has 1 heterocycles. The summed E-state index contributed by atoms with van der Waals surface area (Å²) in [5.74, 6) is -0.307. The Hall–Kier alpha value is -0.610. The lowest BCUT2D eigenvalue weighted by atomic mass is 9.81. The fourth-order valence-electron chi connectivity index (χ4n) is 2.16. The van der Waals surface area contributed by atoms with E-state index in [1.807, 2.05) is 0 Å². The Bertz CT molecular complexity index is 241. The fourth-order valence-corrected chi connectivity index (χ4v) is 2.16. The number of carboxylic acid groups (broad SMARTS) is 1. The summed E-state index contributed by atoms with van der Waals surface area (Å²) in [5.41, 5.74) is 5.37. The molecule has 2 unspecified atom stereocenters. The molecule has 1 aliphatic heterocycles. The van der Waals surface area contributed by atoms with Crippen molar-refractivity contribution in [2.45, 2.75) is 32.7 Å². The first-order valence-corrected chi connectivity index (χ1v) is 5.50. The van der Waals surface area contributed by atoms with E-state index >= 15 is 0 Å². The lowest BCUT2D eigenvalue weighted by Gasteiger charge is -2.27. The van der Waals surface area contributed by atoms with Crippen LogP contribution in [-0.4, -0.2) is 42.2 Å². The van der Waals surface area contributed by atoms with Gasteiger partial charge in [-0.2, -0.15) is 0 Å². The molecular formula is C11H22N2O2. The van der Waals surface area contributed by atoms with E-state index in [1.165, 1.54) is 0 Å². The number of carbonyl (C=O) groups is 1. The van der Waals surface area contributed by atoms with E-state index in [2.05, 4.69) is 11.9 Å². The first-order chi connectivity index (χ1) is 6.83. The standard InChI is InChI=1S/C11H22N2O2/c1-11(2,10(14)15)6-9(12)8-4-5-13(3)7-8/h8-9H,4-7,12H2,1-3H3,(H,14,15). The number of aliphatic carboxylic acids is 1. The molecule has 0 aliphatic carbocycles. The van der Waals surface area contributed by atoms with Crippen molar-refractivity contribution in [2.75, 3.05) is 20.1 Å². The molecule has 15 heavy (non-hydrogen) atoms. The van der Waals surface area contributed by atoms with Gasteiger partial charge < -0.3 is 15.7 Å². The van der Waals surface area contributed by atoms with E-state index in [-0.39, 0.29) is 6.04 Å². The van der Waals surface area contributed by atoms with E-state index in [1.54, 1.807) is 13.8 Å². The molecule has 0 saturated carbocycles. The van der Waals surface area contributed by atoms with Gasteiger partial charge in [0.15, 0.2) is 0 Å². The molecule has 88 valence electrons. The van der Waals surface area contributed by atoms with E-state index in [4.69, 9.17) is 10.8 Å². The fraction of sp³-hybridized carbons (Fsp3) is 0.909. The molecule has 1 aliphatic rings. The number of rotatable bonds is 4. The molecule has 0 bridgehead atoms. The molecule has 0 spiro atoms. The van der Waals surface area contributed by atoms with Gasteiger partial charge in [-0.3, -0.25) is 4.79 Å². The molecule has 1 rings (SSSR count). The van der Waals surface area contributed by atoms with Crippen LogP contribution in [0.5, 0.6) is 0 Å². The van der Waals surface area contributed by atoms with Crippen molar-refractivity contribution in [2.24, 2.45) is 17.1 Å². The predicted octanol–water partition coefficient (Wildman–Crippen LogP) is 0.766. The monoisotopic (exact) mass is 214 g/mol. The third-order valence-electron chi connectivity index (χ3n) is 3.36. The van der Waals surface area contributed by atoms with Gasteiger partial charge in [0.05, 0.1) is 5.41 Å². The minimum Gasteiger partial charge on any atom is -0.481 e. The summed E-state index contributed by atoms with van der Waals surface area (Å²) < 4.78 is 0. The zero-order valence-electron chi connectivity index (χ0n) is 9.86. The lowest BCUT2D eigenvalue weighted by molar-refractivity contribution is -0.147. The molecule has 0 aromatic carbocycles.